The number of sulfonamides is 1. The van der Waals surface area contributed by atoms with E-state index in [0.717, 1.165) is 23.8 Å². The average molecular weight is 351 g/mol. The Kier molecular flexibility index (Phi) is 4.39. The largest absolute Gasteiger partial charge is 0.395 e. The SMILES string of the molecule is O=C1C=C(Nc2ccccc2S(=O)(=O)NC2CC2)C(=O)N1CCO. The molecular weight excluding hydrogens is 334 g/mol. The van der Waals surface area contributed by atoms with E-state index in [1.807, 2.05) is 0 Å². The molecule has 3 rings (SSSR count). The number of anilines is 1. The van der Waals surface area contributed by atoms with Gasteiger partial charge in [0.05, 0.1) is 18.8 Å². The van der Waals surface area contributed by atoms with Crippen LogP contribution in [0.25, 0.3) is 0 Å². The maximum atomic E-state index is 12.4. The number of benzene rings is 1. The molecule has 0 bridgehead atoms. The third-order valence-corrected chi connectivity index (χ3v) is 5.26. The molecule has 2 amide bonds. The topological polar surface area (TPSA) is 116 Å². The zero-order valence-corrected chi connectivity index (χ0v) is 13.5. The second-order valence-electron chi connectivity index (χ2n) is 5.59. The summed E-state index contributed by atoms with van der Waals surface area (Å²) in [6.45, 7) is -0.447. The van der Waals surface area contributed by atoms with Crippen molar-refractivity contribution in [2.45, 2.75) is 23.8 Å². The summed E-state index contributed by atoms with van der Waals surface area (Å²) >= 11 is 0. The van der Waals surface area contributed by atoms with Gasteiger partial charge in [-0.3, -0.25) is 14.5 Å². The number of carbonyl (C=O) groups excluding carboxylic acids is 2. The molecule has 24 heavy (non-hydrogen) atoms. The van der Waals surface area contributed by atoms with Gasteiger partial charge in [0, 0.05) is 12.1 Å². The van der Waals surface area contributed by atoms with Crippen LogP contribution >= 0.6 is 0 Å². The summed E-state index contributed by atoms with van der Waals surface area (Å²) in [7, 11) is -3.71. The van der Waals surface area contributed by atoms with Gasteiger partial charge in [-0.15, -0.1) is 0 Å². The van der Waals surface area contributed by atoms with E-state index >= 15 is 0 Å². The molecule has 1 aliphatic carbocycles. The lowest BCUT2D eigenvalue weighted by Crippen LogP contribution is -2.34. The summed E-state index contributed by atoms with van der Waals surface area (Å²) in [5, 5.41) is 11.6. The van der Waals surface area contributed by atoms with Gasteiger partial charge >= 0.3 is 0 Å². The van der Waals surface area contributed by atoms with Crippen LogP contribution < -0.4 is 10.0 Å². The van der Waals surface area contributed by atoms with Crippen molar-refractivity contribution in [1.29, 1.82) is 0 Å². The van der Waals surface area contributed by atoms with Crippen molar-refractivity contribution < 1.29 is 23.1 Å². The van der Waals surface area contributed by atoms with Gasteiger partial charge in [0.15, 0.2) is 0 Å². The minimum absolute atomic E-state index is 0.0126. The molecule has 0 aromatic heterocycles. The van der Waals surface area contributed by atoms with Crippen molar-refractivity contribution in [2.75, 3.05) is 18.5 Å². The van der Waals surface area contributed by atoms with E-state index in [-0.39, 0.29) is 35.5 Å². The second kappa shape index (κ2) is 6.34. The molecule has 1 saturated carbocycles. The summed E-state index contributed by atoms with van der Waals surface area (Å²) in [4.78, 5) is 24.8. The smallest absolute Gasteiger partial charge is 0.277 e. The number of nitrogens with one attached hydrogen (secondary N) is 2. The van der Waals surface area contributed by atoms with E-state index in [0.29, 0.717) is 0 Å². The number of para-hydroxylation sites is 1. The van der Waals surface area contributed by atoms with Gasteiger partial charge in [0.25, 0.3) is 11.8 Å². The Bertz CT molecular complexity index is 814. The predicted molar refractivity (Wildman–Crippen MR) is 85.3 cm³/mol. The van der Waals surface area contributed by atoms with Crippen molar-refractivity contribution in [1.82, 2.24) is 9.62 Å². The quantitative estimate of drug-likeness (QED) is 0.585. The highest BCUT2D eigenvalue weighted by Crippen LogP contribution is 2.27. The van der Waals surface area contributed by atoms with E-state index < -0.39 is 21.8 Å². The molecule has 1 heterocycles. The number of nitrogens with zero attached hydrogens (tertiary/aromatic N) is 1. The summed E-state index contributed by atoms with van der Waals surface area (Å²) in [5.74, 6) is -1.15. The fourth-order valence-electron chi connectivity index (χ4n) is 2.34. The number of amides is 2. The minimum Gasteiger partial charge on any atom is -0.395 e. The monoisotopic (exact) mass is 351 g/mol. The molecule has 0 unspecified atom stereocenters. The summed E-state index contributed by atoms with van der Waals surface area (Å²) in [5.41, 5.74) is 0.187. The van der Waals surface area contributed by atoms with Crippen LogP contribution in [-0.4, -0.2) is 49.4 Å². The fourth-order valence-corrected chi connectivity index (χ4v) is 3.81. The molecule has 0 radical (unpaired) electrons. The van der Waals surface area contributed by atoms with Gasteiger partial charge in [0.2, 0.25) is 10.0 Å². The number of carbonyl (C=O) groups is 2. The van der Waals surface area contributed by atoms with Gasteiger partial charge in [0.1, 0.15) is 10.6 Å². The van der Waals surface area contributed by atoms with Gasteiger partial charge in [-0.1, -0.05) is 12.1 Å². The molecule has 8 nitrogen and oxygen atoms in total. The third kappa shape index (κ3) is 3.32. The lowest BCUT2D eigenvalue weighted by molar-refractivity contribution is -0.137. The molecule has 9 heteroatoms. The van der Waals surface area contributed by atoms with E-state index in [4.69, 9.17) is 5.11 Å². The number of aliphatic hydroxyl groups is 1. The van der Waals surface area contributed by atoms with Crippen LogP contribution in [0.4, 0.5) is 5.69 Å². The molecule has 1 aromatic carbocycles. The number of imide groups is 1. The van der Waals surface area contributed by atoms with Crippen molar-refractivity contribution in [3.05, 3.63) is 36.0 Å². The molecular formula is C15H17N3O5S. The Morgan fingerprint density at radius 1 is 1.21 bits per heavy atom. The highest BCUT2D eigenvalue weighted by molar-refractivity contribution is 7.89. The number of hydrogen-bond donors (Lipinski definition) is 3. The Morgan fingerprint density at radius 2 is 1.92 bits per heavy atom. The number of rotatable bonds is 7. The normalized spacial score (nSPS) is 18.0. The van der Waals surface area contributed by atoms with Crippen LogP contribution in [0.5, 0.6) is 0 Å². The van der Waals surface area contributed by atoms with E-state index in [1.165, 1.54) is 12.1 Å². The molecule has 2 aliphatic rings. The Hall–Kier alpha value is -2.23. The highest BCUT2D eigenvalue weighted by atomic mass is 32.2. The van der Waals surface area contributed by atoms with Crippen molar-refractivity contribution >= 4 is 27.5 Å². The summed E-state index contributed by atoms with van der Waals surface area (Å²) in [6, 6.07) is 6.12. The third-order valence-electron chi connectivity index (χ3n) is 3.68. The standard InChI is InChI=1S/C15H17N3O5S/c19-8-7-18-14(20)9-12(15(18)21)16-11-3-1-2-4-13(11)24(22,23)17-10-5-6-10/h1-4,9-10,16-17,19H,5-8H2. The first-order valence-corrected chi connectivity index (χ1v) is 8.97. The molecule has 1 aromatic rings. The first-order chi connectivity index (χ1) is 11.4. The van der Waals surface area contributed by atoms with Crippen molar-refractivity contribution in [3.63, 3.8) is 0 Å². The van der Waals surface area contributed by atoms with Gasteiger partial charge in [-0.2, -0.15) is 0 Å². The molecule has 1 fully saturated rings. The summed E-state index contributed by atoms with van der Waals surface area (Å²) < 4.78 is 27.4. The van der Waals surface area contributed by atoms with Crippen LogP contribution in [0.15, 0.2) is 40.9 Å². The lowest BCUT2D eigenvalue weighted by atomic mass is 10.3. The Balaban J connectivity index is 1.85. The van der Waals surface area contributed by atoms with Crippen LogP contribution in [-0.2, 0) is 19.6 Å². The zero-order chi connectivity index (χ0) is 17.3. The Morgan fingerprint density at radius 3 is 2.58 bits per heavy atom. The first-order valence-electron chi connectivity index (χ1n) is 7.49. The van der Waals surface area contributed by atoms with Crippen LogP contribution in [0.3, 0.4) is 0 Å². The maximum Gasteiger partial charge on any atom is 0.277 e. The predicted octanol–water partition coefficient (Wildman–Crippen LogP) is -0.216. The number of hydrogen-bond acceptors (Lipinski definition) is 6. The van der Waals surface area contributed by atoms with Crippen LogP contribution in [0.2, 0.25) is 0 Å². The van der Waals surface area contributed by atoms with Gasteiger partial charge < -0.3 is 10.4 Å². The summed E-state index contributed by atoms with van der Waals surface area (Å²) in [6.07, 6.45) is 2.71. The lowest BCUT2D eigenvalue weighted by Gasteiger charge is -2.15. The molecule has 128 valence electrons. The fraction of sp³-hybridized carbons (Fsp3) is 0.333. The second-order valence-corrected chi connectivity index (χ2v) is 7.28. The van der Waals surface area contributed by atoms with Gasteiger partial charge in [-0.25, -0.2) is 13.1 Å². The van der Waals surface area contributed by atoms with Crippen molar-refractivity contribution in [2.24, 2.45) is 0 Å². The Labute approximate surface area is 139 Å². The number of aliphatic hydroxyl groups excluding tert-OH is 1. The molecule has 1 aliphatic heterocycles. The van der Waals surface area contributed by atoms with Crippen LogP contribution in [0, 0.1) is 0 Å². The van der Waals surface area contributed by atoms with Gasteiger partial charge in [-0.05, 0) is 25.0 Å². The van der Waals surface area contributed by atoms with E-state index in [9.17, 15) is 18.0 Å². The molecule has 0 saturated heterocycles. The number of β-amino-alcohol motifs (C(OH)–C–C–N with tert-alkyl or cyclic N) is 1. The minimum atomic E-state index is -3.71. The zero-order valence-electron chi connectivity index (χ0n) is 12.7. The highest BCUT2D eigenvalue weighted by Gasteiger charge is 2.33. The average Bonchev–Trinajstić information content (AvgIpc) is 3.30. The van der Waals surface area contributed by atoms with E-state index in [1.54, 1.807) is 12.1 Å². The van der Waals surface area contributed by atoms with E-state index in [2.05, 4.69) is 10.0 Å². The van der Waals surface area contributed by atoms with Crippen molar-refractivity contribution in [3.8, 4) is 0 Å². The first kappa shape index (κ1) is 16.6. The molecule has 0 atom stereocenters. The van der Waals surface area contributed by atoms with Crippen LogP contribution in [0.1, 0.15) is 12.8 Å². The molecule has 0 spiro atoms. The molecule has 3 N–H and O–H groups in total. The maximum absolute atomic E-state index is 12.4.